The standard InChI is InChI=1S/C35H42ClN5S/c1-25(2)19-30-24-40(17-10-18-41(30)23-28-13-6-5-7-14-28)22-29-15-9-16-31(20-29)42-39-35-37-32(21-33(36)38-35)34-26(3)11-8-12-27(34)4/h5-9,11-16,20-21,25,30H,10,17-19,22-24H2,1-4H3,(H,37,38,39). The summed E-state index contributed by atoms with van der Waals surface area (Å²) in [4.78, 5) is 15.7. The predicted molar refractivity (Wildman–Crippen MR) is 178 cm³/mol. The first-order valence-corrected chi connectivity index (χ1v) is 16.2. The summed E-state index contributed by atoms with van der Waals surface area (Å²) in [5.41, 5.74) is 7.01. The third-order valence-electron chi connectivity index (χ3n) is 7.87. The van der Waals surface area contributed by atoms with Gasteiger partial charge in [-0.15, -0.1) is 0 Å². The molecule has 1 aliphatic rings. The molecule has 2 heterocycles. The Morgan fingerprint density at radius 1 is 0.881 bits per heavy atom. The Kier molecular flexibility index (Phi) is 10.6. The van der Waals surface area contributed by atoms with Crippen molar-refractivity contribution in [2.24, 2.45) is 5.92 Å². The van der Waals surface area contributed by atoms with E-state index in [4.69, 9.17) is 16.6 Å². The molecule has 0 aliphatic carbocycles. The monoisotopic (exact) mass is 599 g/mol. The molecule has 7 heteroatoms. The van der Waals surface area contributed by atoms with E-state index >= 15 is 0 Å². The van der Waals surface area contributed by atoms with E-state index in [1.807, 2.05) is 6.07 Å². The number of nitrogens with zero attached hydrogens (tertiary/aromatic N) is 4. The Balaban J connectivity index is 1.25. The van der Waals surface area contributed by atoms with Crippen molar-refractivity contribution in [2.45, 2.75) is 64.6 Å². The first-order valence-electron chi connectivity index (χ1n) is 15.0. The van der Waals surface area contributed by atoms with Crippen LogP contribution in [0.4, 0.5) is 5.95 Å². The van der Waals surface area contributed by atoms with Crippen molar-refractivity contribution < 1.29 is 0 Å². The van der Waals surface area contributed by atoms with Crippen LogP contribution < -0.4 is 4.72 Å². The second kappa shape index (κ2) is 14.5. The Morgan fingerprint density at radius 2 is 1.62 bits per heavy atom. The van der Waals surface area contributed by atoms with E-state index in [1.165, 1.54) is 47.0 Å². The first-order chi connectivity index (χ1) is 20.3. The minimum absolute atomic E-state index is 0.429. The van der Waals surface area contributed by atoms with Crippen LogP contribution in [0.3, 0.4) is 0 Å². The molecular weight excluding hydrogens is 558 g/mol. The molecule has 1 fully saturated rings. The molecule has 0 saturated carbocycles. The third-order valence-corrected chi connectivity index (χ3v) is 8.84. The third kappa shape index (κ3) is 8.35. The molecule has 1 aliphatic heterocycles. The number of aromatic nitrogens is 2. The summed E-state index contributed by atoms with van der Waals surface area (Å²) in [6, 6.07) is 28.4. The van der Waals surface area contributed by atoms with Gasteiger partial charge in [0.2, 0.25) is 5.95 Å². The lowest BCUT2D eigenvalue weighted by Gasteiger charge is -2.33. The summed E-state index contributed by atoms with van der Waals surface area (Å²) in [6.07, 6.45) is 2.40. The topological polar surface area (TPSA) is 44.3 Å². The molecule has 1 aromatic heterocycles. The summed E-state index contributed by atoms with van der Waals surface area (Å²) < 4.78 is 3.34. The van der Waals surface area contributed by atoms with Crippen LogP contribution in [-0.2, 0) is 13.1 Å². The van der Waals surface area contributed by atoms with Gasteiger partial charge in [-0.2, -0.15) is 0 Å². The molecule has 0 spiro atoms. The molecular formula is C35H42ClN5S. The molecule has 1 atom stereocenters. The second-order valence-electron chi connectivity index (χ2n) is 11.8. The molecule has 1 unspecified atom stereocenters. The number of nitrogens with one attached hydrogen (secondary N) is 1. The molecule has 0 amide bonds. The minimum Gasteiger partial charge on any atom is -0.297 e. The van der Waals surface area contributed by atoms with Crippen LogP contribution in [0, 0.1) is 19.8 Å². The molecule has 220 valence electrons. The van der Waals surface area contributed by atoms with Crippen LogP contribution in [0.25, 0.3) is 11.3 Å². The highest BCUT2D eigenvalue weighted by atomic mass is 35.5. The van der Waals surface area contributed by atoms with Crippen molar-refractivity contribution in [2.75, 3.05) is 24.4 Å². The zero-order valence-electron chi connectivity index (χ0n) is 25.2. The van der Waals surface area contributed by atoms with Gasteiger partial charge in [0.1, 0.15) is 5.15 Å². The summed E-state index contributed by atoms with van der Waals surface area (Å²) >= 11 is 7.95. The summed E-state index contributed by atoms with van der Waals surface area (Å²) in [7, 11) is 0. The number of benzene rings is 3. The number of hydrogen-bond donors (Lipinski definition) is 1. The van der Waals surface area contributed by atoms with Gasteiger partial charge in [-0.05, 0) is 85.5 Å². The number of halogens is 1. The summed E-state index contributed by atoms with van der Waals surface area (Å²) in [5, 5.41) is 0.429. The van der Waals surface area contributed by atoms with Gasteiger partial charge in [0.05, 0.1) is 5.69 Å². The number of anilines is 1. The largest absolute Gasteiger partial charge is 0.297 e. The average molecular weight is 600 g/mol. The Labute approximate surface area is 260 Å². The predicted octanol–water partition coefficient (Wildman–Crippen LogP) is 8.66. The van der Waals surface area contributed by atoms with Crippen LogP contribution in [0.2, 0.25) is 5.15 Å². The second-order valence-corrected chi connectivity index (χ2v) is 13.1. The normalized spacial score (nSPS) is 16.5. The molecule has 3 aromatic carbocycles. The van der Waals surface area contributed by atoms with Crippen LogP contribution in [0.15, 0.2) is 83.8 Å². The van der Waals surface area contributed by atoms with Crippen LogP contribution >= 0.6 is 23.5 Å². The highest BCUT2D eigenvalue weighted by Crippen LogP contribution is 2.29. The van der Waals surface area contributed by atoms with Gasteiger partial charge in [0, 0.05) is 48.7 Å². The lowest BCUT2D eigenvalue weighted by molar-refractivity contribution is 0.148. The quantitative estimate of drug-likeness (QED) is 0.145. The summed E-state index contributed by atoms with van der Waals surface area (Å²) in [6.45, 7) is 14.2. The van der Waals surface area contributed by atoms with E-state index in [-0.39, 0.29) is 0 Å². The van der Waals surface area contributed by atoms with Crippen molar-refractivity contribution >= 4 is 29.5 Å². The molecule has 1 N–H and O–H groups in total. The fourth-order valence-electron chi connectivity index (χ4n) is 6.00. The fraction of sp³-hybridized carbons (Fsp3) is 0.371. The van der Waals surface area contributed by atoms with E-state index in [9.17, 15) is 0 Å². The molecule has 4 aromatic rings. The Morgan fingerprint density at radius 3 is 2.38 bits per heavy atom. The number of rotatable bonds is 10. The molecule has 5 rings (SSSR count). The maximum absolute atomic E-state index is 6.42. The van der Waals surface area contributed by atoms with Crippen molar-refractivity contribution in [1.29, 1.82) is 0 Å². The van der Waals surface area contributed by atoms with Gasteiger partial charge < -0.3 is 0 Å². The highest BCUT2D eigenvalue weighted by Gasteiger charge is 2.26. The number of hydrogen-bond acceptors (Lipinski definition) is 6. The smallest absolute Gasteiger partial charge is 0.235 e. The molecule has 0 radical (unpaired) electrons. The van der Waals surface area contributed by atoms with Crippen LogP contribution in [-0.4, -0.2) is 45.4 Å². The van der Waals surface area contributed by atoms with Gasteiger partial charge in [-0.25, -0.2) is 9.97 Å². The minimum atomic E-state index is 0.429. The fourth-order valence-corrected chi connectivity index (χ4v) is 6.84. The molecule has 5 nitrogen and oxygen atoms in total. The van der Waals surface area contributed by atoms with Crippen molar-refractivity contribution in [3.63, 3.8) is 0 Å². The zero-order valence-corrected chi connectivity index (χ0v) is 26.8. The van der Waals surface area contributed by atoms with E-state index in [1.54, 1.807) is 0 Å². The lowest BCUT2D eigenvalue weighted by Crippen LogP contribution is -2.41. The van der Waals surface area contributed by atoms with E-state index in [0.29, 0.717) is 23.1 Å². The van der Waals surface area contributed by atoms with E-state index < -0.39 is 0 Å². The van der Waals surface area contributed by atoms with Gasteiger partial charge in [0.25, 0.3) is 0 Å². The van der Waals surface area contributed by atoms with Gasteiger partial charge in [-0.1, -0.05) is 86.1 Å². The van der Waals surface area contributed by atoms with Crippen molar-refractivity contribution in [3.8, 4) is 11.3 Å². The maximum Gasteiger partial charge on any atom is 0.235 e. The molecule has 0 bridgehead atoms. The van der Waals surface area contributed by atoms with Gasteiger partial charge in [-0.3, -0.25) is 14.5 Å². The Bertz CT molecular complexity index is 1440. The Hall–Kier alpha value is -2.90. The first kappa shape index (κ1) is 30.6. The SMILES string of the molecule is Cc1cccc(C)c1-c1cc(Cl)nc(NSc2cccc(CN3CCCN(Cc4ccccc4)C(CC(C)C)C3)c2)n1. The van der Waals surface area contributed by atoms with Crippen molar-refractivity contribution in [3.05, 3.63) is 106 Å². The van der Waals surface area contributed by atoms with Gasteiger partial charge >= 0.3 is 0 Å². The molecule has 1 saturated heterocycles. The maximum atomic E-state index is 6.42. The average Bonchev–Trinajstić information content (AvgIpc) is 3.13. The van der Waals surface area contributed by atoms with Crippen LogP contribution in [0.1, 0.15) is 48.9 Å². The van der Waals surface area contributed by atoms with Gasteiger partial charge in [0.15, 0.2) is 0 Å². The lowest BCUT2D eigenvalue weighted by atomic mass is 10.00. The zero-order chi connectivity index (χ0) is 29.5. The van der Waals surface area contributed by atoms with E-state index in [2.05, 4.69) is 120 Å². The van der Waals surface area contributed by atoms with Crippen molar-refractivity contribution in [1.82, 2.24) is 19.8 Å². The van der Waals surface area contributed by atoms with Crippen LogP contribution in [0.5, 0.6) is 0 Å². The number of aryl methyl sites for hydroxylation is 2. The highest BCUT2D eigenvalue weighted by molar-refractivity contribution is 8.00. The molecule has 42 heavy (non-hydrogen) atoms. The van der Waals surface area contributed by atoms with E-state index in [0.717, 1.165) is 48.9 Å². The summed E-state index contributed by atoms with van der Waals surface area (Å²) in [5.74, 6) is 1.18.